The van der Waals surface area contributed by atoms with Crippen molar-refractivity contribution in [3.05, 3.63) is 94.8 Å². The first-order valence-corrected chi connectivity index (χ1v) is 14.0. The number of aromatic nitrogens is 1. The number of benzene rings is 2. The van der Waals surface area contributed by atoms with Crippen LogP contribution in [0.3, 0.4) is 0 Å². The Bertz CT molecular complexity index is 1210. The first-order chi connectivity index (χ1) is 18.6. The maximum absolute atomic E-state index is 13.8. The number of unbranched alkanes of at least 4 members (excludes halogenated alkanes) is 1. The average Bonchev–Trinajstić information content (AvgIpc) is 3.34. The number of carbonyl (C=O) groups is 2. The van der Waals surface area contributed by atoms with Crippen molar-refractivity contribution >= 4 is 11.8 Å². The van der Waals surface area contributed by atoms with Gasteiger partial charge in [0.25, 0.3) is 5.91 Å². The highest BCUT2D eigenvalue weighted by Gasteiger charge is 2.30. The summed E-state index contributed by atoms with van der Waals surface area (Å²) in [5, 5.41) is 0. The molecule has 3 aromatic rings. The summed E-state index contributed by atoms with van der Waals surface area (Å²) in [5.41, 5.74) is 4.89. The van der Waals surface area contributed by atoms with Crippen molar-refractivity contribution in [3.8, 4) is 0 Å². The smallest absolute Gasteiger partial charge is 0.254 e. The molecule has 0 atom stereocenters. The van der Waals surface area contributed by atoms with Crippen molar-refractivity contribution in [1.82, 2.24) is 14.4 Å². The molecule has 210 valence electrons. The molecule has 0 spiro atoms. The Hall–Kier alpha value is -3.38. The molecule has 2 amide bonds. The topological polar surface area (TPSA) is 54.8 Å². The zero-order valence-corrected chi connectivity index (χ0v) is 24.6. The molecule has 0 unspecified atom stereocenters. The normalized spacial score (nSPS) is 11.4. The standard InChI is InChI=1S/C33H45N3O3/c1-7-8-12-27-15-17-29(18-16-27)32(38)35(20-21-39-6)25-31(37)36(33(3,4)5)24-30-14-10-19-34(30)23-28-13-9-11-26(2)22-28/h9-11,13-19,22H,7-8,12,20-21,23-25H2,1-6H3. The summed E-state index contributed by atoms with van der Waals surface area (Å²) in [5.74, 6) is -0.242. The van der Waals surface area contributed by atoms with Crippen LogP contribution in [0, 0.1) is 6.92 Å². The third kappa shape index (κ3) is 8.82. The quantitative estimate of drug-likeness (QED) is 0.268. The fourth-order valence-electron chi connectivity index (χ4n) is 4.70. The van der Waals surface area contributed by atoms with E-state index in [1.54, 1.807) is 12.0 Å². The molecule has 1 heterocycles. The lowest BCUT2D eigenvalue weighted by Gasteiger charge is -2.37. The second-order valence-corrected chi connectivity index (χ2v) is 11.3. The molecule has 6 nitrogen and oxygen atoms in total. The highest BCUT2D eigenvalue weighted by molar-refractivity contribution is 5.96. The molecule has 0 aliphatic rings. The van der Waals surface area contributed by atoms with Gasteiger partial charge in [0.2, 0.25) is 5.91 Å². The number of nitrogens with zero attached hydrogens (tertiary/aromatic N) is 3. The van der Waals surface area contributed by atoms with E-state index < -0.39 is 5.54 Å². The Morgan fingerprint density at radius 2 is 1.72 bits per heavy atom. The monoisotopic (exact) mass is 531 g/mol. The molecule has 1 aromatic heterocycles. The SMILES string of the molecule is CCCCc1ccc(C(=O)N(CCOC)CC(=O)N(Cc2cccn2Cc2cccc(C)c2)C(C)(C)C)cc1. The predicted octanol–water partition coefficient (Wildman–Crippen LogP) is 6.10. The van der Waals surface area contributed by atoms with Gasteiger partial charge in [-0.15, -0.1) is 0 Å². The molecule has 0 saturated carbocycles. The summed E-state index contributed by atoms with van der Waals surface area (Å²) < 4.78 is 7.46. The molecule has 0 aliphatic carbocycles. The first kappa shape index (κ1) is 30.2. The number of carbonyl (C=O) groups excluding carboxylic acids is 2. The summed E-state index contributed by atoms with van der Waals surface area (Å²) >= 11 is 0. The fourth-order valence-corrected chi connectivity index (χ4v) is 4.70. The number of aryl methyl sites for hydroxylation is 2. The number of ether oxygens (including phenoxy) is 1. The van der Waals surface area contributed by atoms with Gasteiger partial charge in [0.15, 0.2) is 0 Å². The van der Waals surface area contributed by atoms with Gasteiger partial charge in [0.1, 0.15) is 6.54 Å². The van der Waals surface area contributed by atoms with Gasteiger partial charge in [-0.05, 0) is 75.9 Å². The van der Waals surface area contributed by atoms with E-state index in [9.17, 15) is 9.59 Å². The van der Waals surface area contributed by atoms with Crippen LogP contribution in [0.5, 0.6) is 0 Å². The van der Waals surface area contributed by atoms with Gasteiger partial charge in [-0.1, -0.05) is 55.3 Å². The molecule has 2 aromatic carbocycles. The van der Waals surface area contributed by atoms with E-state index >= 15 is 0 Å². The molecule has 0 radical (unpaired) electrons. The third-order valence-electron chi connectivity index (χ3n) is 6.99. The summed E-state index contributed by atoms with van der Waals surface area (Å²) in [6, 6.07) is 20.3. The van der Waals surface area contributed by atoms with E-state index in [4.69, 9.17) is 4.74 Å². The highest BCUT2D eigenvalue weighted by Crippen LogP contribution is 2.20. The van der Waals surface area contributed by atoms with E-state index in [2.05, 4.69) is 54.9 Å². The van der Waals surface area contributed by atoms with Crippen LogP contribution in [0.15, 0.2) is 66.9 Å². The first-order valence-electron chi connectivity index (χ1n) is 14.0. The maximum atomic E-state index is 13.8. The van der Waals surface area contributed by atoms with Crippen molar-refractivity contribution in [3.63, 3.8) is 0 Å². The highest BCUT2D eigenvalue weighted by atomic mass is 16.5. The minimum Gasteiger partial charge on any atom is -0.383 e. The van der Waals surface area contributed by atoms with Crippen LogP contribution in [0.4, 0.5) is 0 Å². The van der Waals surface area contributed by atoms with Crippen LogP contribution in [0.1, 0.15) is 73.3 Å². The average molecular weight is 532 g/mol. The van der Waals surface area contributed by atoms with Gasteiger partial charge in [-0.2, -0.15) is 0 Å². The second-order valence-electron chi connectivity index (χ2n) is 11.3. The van der Waals surface area contributed by atoms with Crippen molar-refractivity contribution in [2.45, 2.75) is 72.5 Å². The minimum absolute atomic E-state index is 0.00433. The lowest BCUT2D eigenvalue weighted by Crippen LogP contribution is -2.50. The van der Waals surface area contributed by atoms with Crippen molar-refractivity contribution in [2.24, 2.45) is 0 Å². The molecule has 0 N–H and O–H groups in total. The van der Waals surface area contributed by atoms with Gasteiger partial charge in [-0.25, -0.2) is 0 Å². The van der Waals surface area contributed by atoms with E-state index in [0.717, 1.165) is 31.5 Å². The number of hydrogen-bond acceptors (Lipinski definition) is 3. The van der Waals surface area contributed by atoms with Crippen LogP contribution in [0.25, 0.3) is 0 Å². The molecule has 0 aliphatic heterocycles. The van der Waals surface area contributed by atoms with Crippen LogP contribution in [-0.2, 0) is 29.0 Å². The van der Waals surface area contributed by atoms with E-state index in [-0.39, 0.29) is 18.4 Å². The van der Waals surface area contributed by atoms with Gasteiger partial charge in [0, 0.05) is 43.2 Å². The predicted molar refractivity (Wildman–Crippen MR) is 158 cm³/mol. The zero-order valence-electron chi connectivity index (χ0n) is 24.6. The summed E-state index contributed by atoms with van der Waals surface area (Å²) in [6.07, 6.45) is 5.32. The Kier molecular flexibility index (Phi) is 10.9. The largest absolute Gasteiger partial charge is 0.383 e. The number of hydrogen-bond donors (Lipinski definition) is 0. The molecular weight excluding hydrogens is 486 g/mol. The van der Waals surface area contributed by atoms with E-state index in [0.29, 0.717) is 25.3 Å². The summed E-state index contributed by atoms with van der Waals surface area (Å²) in [4.78, 5) is 30.8. The lowest BCUT2D eigenvalue weighted by molar-refractivity contribution is -0.137. The van der Waals surface area contributed by atoms with Crippen LogP contribution >= 0.6 is 0 Å². The van der Waals surface area contributed by atoms with Crippen molar-refractivity contribution < 1.29 is 14.3 Å². The van der Waals surface area contributed by atoms with Gasteiger partial charge in [-0.3, -0.25) is 9.59 Å². The van der Waals surface area contributed by atoms with Crippen LogP contribution in [0.2, 0.25) is 0 Å². The second kappa shape index (κ2) is 14.1. The van der Waals surface area contributed by atoms with Crippen LogP contribution in [-0.4, -0.2) is 58.5 Å². The molecule has 3 rings (SSSR count). The molecule has 0 fully saturated rings. The molecular formula is C33H45N3O3. The van der Waals surface area contributed by atoms with Gasteiger partial charge < -0.3 is 19.1 Å². The van der Waals surface area contributed by atoms with Gasteiger partial charge >= 0.3 is 0 Å². The van der Waals surface area contributed by atoms with Gasteiger partial charge in [0.05, 0.1) is 13.2 Å². The lowest BCUT2D eigenvalue weighted by atomic mass is 10.0. The van der Waals surface area contributed by atoms with Crippen molar-refractivity contribution in [2.75, 3.05) is 26.8 Å². The molecule has 6 heteroatoms. The molecule has 0 saturated heterocycles. The summed E-state index contributed by atoms with van der Waals surface area (Å²) in [7, 11) is 1.61. The Morgan fingerprint density at radius 1 is 0.974 bits per heavy atom. The maximum Gasteiger partial charge on any atom is 0.254 e. The molecule has 39 heavy (non-hydrogen) atoms. The number of amides is 2. The Labute approximate surface area is 234 Å². The fraction of sp³-hybridized carbons (Fsp3) is 0.455. The Balaban J connectivity index is 1.77. The van der Waals surface area contributed by atoms with E-state index in [1.807, 2.05) is 56.0 Å². The van der Waals surface area contributed by atoms with E-state index in [1.165, 1.54) is 16.7 Å². The zero-order chi connectivity index (χ0) is 28.4. The third-order valence-corrected chi connectivity index (χ3v) is 6.99. The number of rotatable bonds is 13. The van der Waals surface area contributed by atoms with Crippen LogP contribution < -0.4 is 0 Å². The number of methoxy groups -OCH3 is 1. The molecule has 0 bridgehead atoms. The minimum atomic E-state index is -0.424. The Morgan fingerprint density at radius 3 is 2.36 bits per heavy atom. The summed E-state index contributed by atoms with van der Waals surface area (Å²) in [6.45, 7) is 12.3. The van der Waals surface area contributed by atoms with Crippen molar-refractivity contribution in [1.29, 1.82) is 0 Å².